The van der Waals surface area contributed by atoms with E-state index in [2.05, 4.69) is 40.4 Å². The second-order valence-electron chi connectivity index (χ2n) is 7.00. The lowest BCUT2D eigenvalue weighted by Gasteiger charge is -2.44. The molecule has 0 aromatic heterocycles. The van der Waals surface area contributed by atoms with Crippen LogP contribution >= 0.6 is 0 Å². The number of amides is 2. The summed E-state index contributed by atoms with van der Waals surface area (Å²) in [6.45, 7) is 16.6. The molecule has 5 nitrogen and oxygen atoms in total. The Bertz CT molecular complexity index is 428. The van der Waals surface area contributed by atoms with E-state index in [1.807, 2.05) is 6.92 Å². The van der Waals surface area contributed by atoms with Crippen molar-refractivity contribution >= 4 is 20.3 Å². The summed E-state index contributed by atoms with van der Waals surface area (Å²) in [4.78, 5) is 24.8. The summed E-state index contributed by atoms with van der Waals surface area (Å²) in [5, 5.41) is 0.0939. The highest BCUT2D eigenvalue weighted by Gasteiger charge is 2.48. The number of ether oxygens (including phenoxy) is 1. The quantitative estimate of drug-likeness (QED) is 0.444. The van der Waals surface area contributed by atoms with Gasteiger partial charge < -0.3 is 9.16 Å². The van der Waals surface area contributed by atoms with Crippen molar-refractivity contribution in [3.63, 3.8) is 0 Å². The molecule has 0 spiro atoms. The van der Waals surface area contributed by atoms with E-state index in [9.17, 15) is 9.59 Å². The molecule has 2 atom stereocenters. The van der Waals surface area contributed by atoms with Gasteiger partial charge in [0.1, 0.15) is 6.61 Å². The Morgan fingerprint density at radius 3 is 2.52 bits per heavy atom. The van der Waals surface area contributed by atoms with Gasteiger partial charge >= 0.3 is 6.09 Å². The first-order valence-electron chi connectivity index (χ1n) is 7.28. The van der Waals surface area contributed by atoms with Crippen molar-refractivity contribution in [2.45, 2.75) is 51.9 Å². The molecule has 1 saturated heterocycles. The zero-order chi connectivity index (χ0) is 16.4. The van der Waals surface area contributed by atoms with Crippen LogP contribution in [0.1, 0.15) is 27.7 Å². The number of β-lactam (4-membered cyclic amide) rings is 1. The van der Waals surface area contributed by atoms with Crippen molar-refractivity contribution in [3.8, 4) is 0 Å². The molecule has 0 radical (unpaired) electrons. The van der Waals surface area contributed by atoms with Crippen LogP contribution in [0.4, 0.5) is 4.79 Å². The molecule has 0 N–H and O–H groups in total. The van der Waals surface area contributed by atoms with E-state index in [4.69, 9.17) is 9.16 Å². The molecule has 1 fully saturated rings. The van der Waals surface area contributed by atoms with Crippen molar-refractivity contribution in [3.05, 3.63) is 12.7 Å². The van der Waals surface area contributed by atoms with Crippen LogP contribution in [0.25, 0.3) is 0 Å². The van der Waals surface area contributed by atoms with Crippen molar-refractivity contribution < 1.29 is 18.8 Å². The Kier molecular flexibility index (Phi) is 5.39. The molecule has 1 heterocycles. The zero-order valence-electron chi connectivity index (χ0n) is 13.9. The zero-order valence-corrected chi connectivity index (χ0v) is 14.9. The van der Waals surface area contributed by atoms with Crippen LogP contribution in [0.3, 0.4) is 0 Å². The van der Waals surface area contributed by atoms with Gasteiger partial charge in [0.25, 0.3) is 0 Å². The number of carbonyl (C=O) groups excluding carboxylic acids is 2. The summed E-state index contributed by atoms with van der Waals surface area (Å²) in [5.74, 6) is -0.467. The Morgan fingerprint density at radius 1 is 1.52 bits per heavy atom. The Morgan fingerprint density at radius 2 is 2.10 bits per heavy atom. The molecule has 0 saturated carbocycles. The van der Waals surface area contributed by atoms with Gasteiger partial charge in [0.15, 0.2) is 8.32 Å². The maximum absolute atomic E-state index is 12.1. The van der Waals surface area contributed by atoms with Crippen LogP contribution in [0.2, 0.25) is 18.1 Å². The number of carbonyl (C=O) groups is 2. The fourth-order valence-corrected chi connectivity index (χ4v) is 3.35. The summed E-state index contributed by atoms with van der Waals surface area (Å²) in [6, 6.07) is 0. The fraction of sp³-hybridized carbons (Fsp3) is 0.733. The van der Waals surface area contributed by atoms with Crippen LogP contribution < -0.4 is 0 Å². The van der Waals surface area contributed by atoms with Crippen molar-refractivity contribution in [1.29, 1.82) is 0 Å². The lowest BCUT2D eigenvalue weighted by atomic mass is 9.94. The normalized spacial score (nSPS) is 20.8. The Balaban J connectivity index is 2.56. The molecule has 0 aromatic carbocycles. The average Bonchev–Trinajstić information content (AvgIpc) is 2.32. The highest BCUT2D eigenvalue weighted by atomic mass is 28.4. The highest BCUT2D eigenvalue weighted by Crippen LogP contribution is 2.39. The van der Waals surface area contributed by atoms with Crippen molar-refractivity contribution in [1.82, 2.24) is 4.90 Å². The van der Waals surface area contributed by atoms with E-state index in [-0.39, 0.29) is 29.6 Å². The second-order valence-corrected chi connectivity index (χ2v) is 11.8. The average molecular weight is 313 g/mol. The number of rotatable bonds is 5. The van der Waals surface area contributed by atoms with Gasteiger partial charge in [0.2, 0.25) is 5.91 Å². The third kappa shape index (κ3) is 3.94. The molecular formula is C15H27NO4Si. The minimum Gasteiger partial charge on any atom is -0.445 e. The number of nitrogens with zero attached hydrogens (tertiary/aromatic N) is 1. The minimum atomic E-state index is -1.91. The summed E-state index contributed by atoms with van der Waals surface area (Å²) in [5.41, 5.74) is 0. The third-order valence-electron chi connectivity index (χ3n) is 4.36. The maximum atomic E-state index is 12.1. The largest absolute Gasteiger partial charge is 0.445 e. The van der Waals surface area contributed by atoms with Crippen LogP contribution in [0.5, 0.6) is 0 Å². The fourth-order valence-electron chi connectivity index (χ4n) is 1.90. The first-order chi connectivity index (χ1) is 9.51. The van der Waals surface area contributed by atoms with Gasteiger partial charge in [0, 0.05) is 6.54 Å². The molecule has 2 amide bonds. The van der Waals surface area contributed by atoms with E-state index in [0.29, 0.717) is 6.54 Å². The topological polar surface area (TPSA) is 55.8 Å². The second kappa shape index (κ2) is 6.32. The number of hydrogen-bond donors (Lipinski definition) is 0. The van der Waals surface area contributed by atoms with Gasteiger partial charge in [-0.1, -0.05) is 33.4 Å². The van der Waals surface area contributed by atoms with E-state index in [1.54, 1.807) is 0 Å². The predicted molar refractivity (Wildman–Crippen MR) is 84.5 cm³/mol. The van der Waals surface area contributed by atoms with Gasteiger partial charge in [-0.25, -0.2) is 9.69 Å². The lowest BCUT2D eigenvalue weighted by Crippen LogP contribution is -2.60. The lowest BCUT2D eigenvalue weighted by molar-refractivity contribution is -0.149. The molecular weight excluding hydrogens is 286 g/mol. The molecule has 0 bridgehead atoms. The van der Waals surface area contributed by atoms with E-state index in [0.717, 1.165) is 4.90 Å². The van der Waals surface area contributed by atoms with Gasteiger partial charge in [0.05, 0.1) is 12.0 Å². The summed E-state index contributed by atoms with van der Waals surface area (Å²) in [7, 11) is -1.91. The van der Waals surface area contributed by atoms with E-state index < -0.39 is 14.4 Å². The van der Waals surface area contributed by atoms with Crippen molar-refractivity contribution in [2.75, 3.05) is 13.2 Å². The van der Waals surface area contributed by atoms with Gasteiger partial charge in [-0.05, 0) is 25.1 Å². The molecule has 6 heteroatoms. The molecule has 0 aliphatic carbocycles. The first kappa shape index (κ1) is 17.9. The molecule has 120 valence electrons. The summed E-state index contributed by atoms with van der Waals surface area (Å²) >= 11 is 0. The summed E-state index contributed by atoms with van der Waals surface area (Å²) in [6.07, 6.45) is 0.695. The van der Waals surface area contributed by atoms with Crippen LogP contribution in [0, 0.1) is 5.92 Å². The van der Waals surface area contributed by atoms with Crippen LogP contribution in [0.15, 0.2) is 12.7 Å². The van der Waals surface area contributed by atoms with Gasteiger partial charge in [-0.3, -0.25) is 4.79 Å². The molecule has 1 aliphatic rings. The summed E-state index contributed by atoms with van der Waals surface area (Å²) < 4.78 is 11.1. The SMILES string of the molecule is C=CCOC(=O)N1C[C@@H]([C@@H](C)O[Si](C)(C)C(C)(C)C)C1=O. The molecule has 21 heavy (non-hydrogen) atoms. The predicted octanol–water partition coefficient (Wildman–Crippen LogP) is 3.18. The molecule has 0 unspecified atom stereocenters. The monoisotopic (exact) mass is 313 g/mol. The number of imide groups is 1. The Hall–Kier alpha value is -1.14. The van der Waals surface area contributed by atoms with Gasteiger partial charge in [-0.15, -0.1) is 0 Å². The van der Waals surface area contributed by atoms with E-state index in [1.165, 1.54) is 6.08 Å². The highest BCUT2D eigenvalue weighted by molar-refractivity contribution is 6.74. The maximum Gasteiger partial charge on any atom is 0.416 e. The van der Waals surface area contributed by atoms with E-state index >= 15 is 0 Å². The molecule has 1 rings (SSSR count). The number of hydrogen-bond acceptors (Lipinski definition) is 4. The minimum absolute atomic E-state index is 0.0939. The smallest absolute Gasteiger partial charge is 0.416 e. The van der Waals surface area contributed by atoms with Crippen molar-refractivity contribution in [2.24, 2.45) is 5.92 Å². The standard InChI is InChI=1S/C15H27NO4Si/c1-8-9-19-14(18)16-10-12(13(16)17)11(2)20-21(6,7)15(3,4)5/h8,11-12H,1,9-10H2,2-7H3/t11-,12+/m1/s1. The van der Waals surface area contributed by atoms with Crippen LogP contribution in [-0.2, 0) is 14.0 Å². The van der Waals surface area contributed by atoms with Gasteiger partial charge in [-0.2, -0.15) is 0 Å². The third-order valence-corrected chi connectivity index (χ3v) is 8.93. The van der Waals surface area contributed by atoms with Crippen LogP contribution in [-0.4, -0.2) is 44.5 Å². The molecule has 0 aromatic rings. The first-order valence-corrected chi connectivity index (χ1v) is 10.2. The Labute approximate surface area is 128 Å². The number of likely N-dealkylation sites (tertiary alicyclic amines) is 1. The molecule has 1 aliphatic heterocycles.